The first-order chi connectivity index (χ1) is 2.41. The Bertz CT molecular complexity index is 20.4. The molecule has 0 saturated carbocycles. The van der Waals surface area contributed by atoms with Crippen LogP contribution in [-0.4, -0.2) is 23.7 Å². The van der Waals surface area contributed by atoms with Gasteiger partial charge in [0.25, 0.3) is 0 Å². The molecule has 0 aliphatic carbocycles. The minimum atomic E-state index is 0. The van der Waals surface area contributed by atoms with E-state index >= 15 is 0 Å². The van der Waals surface area contributed by atoms with E-state index in [2.05, 4.69) is 0 Å². The maximum atomic E-state index is 7.99. The third kappa shape index (κ3) is 18.5. The van der Waals surface area contributed by atoms with E-state index < -0.39 is 0 Å². The third-order valence-corrected chi connectivity index (χ3v) is 0.362. The van der Waals surface area contributed by atoms with Crippen LogP contribution in [0, 0.1) is 0 Å². The minimum Gasteiger partial charge on any atom is -0.870 e. The molecule has 0 aromatic heterocycles. The number of rotatable bonds is 2. The minimum absolute atomic E-state index is 0. The molecule has 0 aliphatic heterocycles. The van der Waals surface area contributed by atoms with Crippen molar-refractivity contribution in [2.45, 2.75) is 6.42 Å². The van der Waals surface area contributed by atoms with E-state index in [9.17, 15) is 0 Å². The van der Waals surface area contributed by atoms with Gasteiger partial charge in [0.1, 0.15) is 0 Å². The molecule has 0 heterocycles. The molecule has 0 aliphatic rings. The van der Waals surface area contributed by atoms with Crippen molar-refractivity contribution in [3.63, 3.8) is 0 Å². The number of hydrogen-bond acceptors (Lipinski definition) is 3. The van der Waals surface area contributed by atoms with E-state index in [1.807, 2.05) is 0 Å². The molecule has 0 bridgehead atoms. The van der Waals surface area contributed by atoms with E-state index in [4.69, 9.17) is 10.8 Å². The molecule has 0 fully saturated rings. The van der Waals surface area contributed by atoms with E-state index in [1.165, 1.54) is 0 Å². The van der Waals surface area contributed by atoms with Gasteiger partial charge < -0.3 is 16.3 Å². The molecule has 0 aromatic rings. The third-order valence-electron chi connectivity index (χ3n) is 0.362. The first kappa shape index (κ1) is 15.8. The number of aliphatic hydroxyl groups excluding tert-OH is 1. The average Bonchev–Trinajstić information content (AvgIpc) is 1.41. The van der Waals surface area contributed by atoms with Gasteiger partial charge in [-0.05, 0) is 13.0 Å². The summed E-state index contributed by atoms with van der Waals surface area (Å²) in [6.45, 7) is 0.812. The largest absolute Gasteiger partial charge is 1.00 e. The molecular formula is C3H10KNO2. The van der Waals surface area contributed by atoms with Crippen molar-refractivity contribution in [2.24, 2.45) is 5.73 Å². The Morgan fingerprint density at radius 2 is 1.86 bits per heavy atom. The molecule has 0 unspecified atom stereocenters. The van der Waals surface area contributed by atoms with Crippen molar-refractivity contribution < 1.29 is 62.0 Å². The standard InChI is InChI=1S/C3H9NO.K.H2O/c4-2-1-3-5;;/h5H,1-4H2;;1H2/q;+1;/p-1. The predicted molar refractivity (Wildman–Crippen MR) is 22.7 cm³/mol. The van der Waals surface area contributed by atoms with Crippen LogP contribution in [0.3, 0.4) is 0 Å². The smallest absolute Gasteiger partial charge is 0.870 e. The first-order valence-electron chi connectivity index (χ1n) is 1.72. The van der Waals surface area contributed by atoms with Crippen molar-refractivity contribution in [1.82, 2.24) is 0 Å². The summed E-state index contributed by atoms with van der Waals surface area (Å²) in [4.78, 5) is 0. The first-order valence-corrected chi connectivity index (χ1v) is 1.72. The summed E-state index contributed by atoms with van der Waals surface area (Å²) in [7, 11) is 0. The molecule has 3 nitrogen and oxygen atoms in total. The summed E-state index contributed by atoms with van der Waals surface area (Å²) in [6, 6.07) is 0. The predicted octanol–water partition coefficient (Wildman–Crippen LogP) is -3.85. The number of nitrogens with two attached hydrogens (primary N) is 1. The van der Waals surface area contributed by atoms with Crippen LogP contribution in [0.15, 0.2) is 0 Å². The molecule has 0 rings (SSSR count). The maximum Gasteiger partial charge on any atom is 1.00 e. The molecule has 0 amide bonds. The second kappa shape index (κ2) is 15.6. The summed E-state index contributed by atoms with van der Waals surface area (Å²) in [5, 5.41) is 7.99. The number of hydrogen-bond donors (Lipinski definition) is 2. The summed E-state index contributed by atoms with van der Waals surface area (Å²) in [6.07, 6.45) is 0.722. The fraction of sp³-hybridized carbons (Fsp3) is 1.00. The Labute approximate surface area is 86.0 Å². The number of aliphatic hydroxyl groups is 1. The van der Waals surface area contributed by atoms with Gasteiger partial charge in [-0.2, -0.15) is 0 Å². The molecule has 40 valence electrons. The molecule has 7 heavy (non-hydrogen) atoms. The normalized spacial score (nSPS) is 6.00. The summed E-state index contributed by atoms with van der Waals surface area (Å²) >= 11 is 0. The Kier molecular flexibility index (Phi) is 35.3. The zero-order valence-corrected chi connectivity index (χ0v) is 7.72. The zero-order valence-electron chi connectivity index (χ0n) is 4.59. The van der Waals surface area contributed by atoms with Gasteiger partial charge in [-0.15, -0.1) is 0 Å². The molecule has 0 radical (unpaired) electrons. The molecule has 4 N–H and O–H groups in total. The van der Waals surface area contributed by atoms with E-state index in [1.54, 1.807) is 0 Å². The van der Waals surface area contributed by atoms with Crippen LogP contribution in [0.1, 0.15) is 6.42 Å². The summed E-state index contributed by atoms with van der Waals surface area (Å²) in [5.41, 5.74) is 4.98. The van der Waals surface area contributed by atoms with Crippen LogP contribution < -0.4 is 57.1 Å². The average molecular weight is 131 g/mol. The molecular weight excluding hydrogens is 121 g/mol. The van der Waals surface area contributed by atoms with Gasteiger partial charge in [0, 0.05) is 6.61 Å². The van der Waals surface area contributed by atoms with Crippen molar-refractivity contribution in [3.8, 4) is 0 Å². The van der Waals surface area contributed by atoms with Crippen LogP contribution in [0.5, 0.6) is 0 Å². The summed E-state index contributed by atoms with van der Waals surface area (Å²) < 4.78 is 0. The van der Waals surface area contributed by atoms with Gasteiger partial charge in [0.2, 0.25) is 0 Å². The quantitative estimate of drug-likeness (QED) is 0.377. The fourth-order valence-corrected chi connectivity index (χ4v) is 0.0913. The molecule has 0 aromatic carbocycles. The second-order valence-electron chi connectivity index (χ2n) is 0.866. The van der Waals surface area contributed by atoms with Gasteiger partial charge >= 0.3 is 51.4 Å². The van der Waals surface area contributed by atoms with Crippen molar-refractivity contribution in [1.29, 1.82) is 0 Å². The Morgan fingerprint density at radius 1 is 1.43 bits per heavy atom. The molecule has 0 atom stereocenters. The van der Waals surface area contributed by atoms with Gasteiger partial charge in [0.15, 0.2) is 0 Å². The zero-order chi connectivity index (χ0) is 4.12. The van der Waals surface area contributed by atoms with E-state index in [-0.39, 0.29) is 63.5 Å². The van der Waals surface area contributed by atoms with Gasteiger partial charge in [-0.1, -0.05) is 0 Å². The molecule has 4 heteroatoms. The van der Waals surface area contributed by atoms with Crippen molar-refractivity contribution >= 4 is 0 Å². The van der Waals surface area contributed by atoms with Crippen LogP contribution in [0.4, 0.5) is 0 Å². The van der Waals surface area contributed by atoms with E-state index in [0.29, 0.717) is 6.54 Å². The van der Waals surface area contributed by atoms with Crippen molar-refractivity contribution in [2.75, 3.05) is 13.2 Å². The van der Waals surface area contributed by atoms with Gasteiger partial charge in [-0.25, -0.2) is 0 Å². The SMILES string of the molecule is NCCCO.[K+].[OH-]. The van der Waals surface area contributed by atoms with Gasteiger partial charge in [-0.3, -0.25) is 0 Å². The van der Waals surface area contributed by atoms with E-state index in [0.717, 1.165) is 6.42 Å². The maximum absolute atomic E-state index is 7.99. The second-order valence-corrected chi connectivity index (χ2v) is 0.866. The van der Waals surface area contributed by atoms with Gasteiger partial charge in [0.05, 0.1) is 0 Å². The Morgan fingerprint density at radius 3 is 1.86 bits per heavy atom. The summed E-state index contributed by atoms with van der Waals surface area (Å²) in [5.74, 6) is 0. The van der Waals surface area contributed by atoms with Crippen LogP contribution in [-0.2, 0) is 0 Å². The Hall–Kier alpha value is 1.52. The monoisotopic (exact) mass is 131 g/mol. The van der Waals surface area contributed by atoms with Crippen molar-refractivity contribution in [3.05, 3.63) is 0 Å². The van der Waals surface area contributed by atoms with Crippen LogP contribution in [0.2, 0.25) is 0 Å². The van der Waals surface area contributed by atoms with Crippen LogP contribution in [0.25, 0.3) is 0 Å². The van der Waals surface area contributed by atoms with Crippen LogP contribution >= 0.6 is 0 Å². The fourth-order valence-electron chi connectivity index (χ4n) is 0.0913. The molecule has 0 spiro atoms. The Balaban J connectivity index is -0.0000000800. The topological polar surface area (TPSA) is 76.2 Å². The molecule has 0 saturated heterocycles.